The fourth-order valence-corrected chi connectivity index (χ4v) is 4.22. The number of imide groups is 1. The maximum absolute atomic E-state index is 12.4. The molecule has 24 heavy (non-hydrogen) atoms. The zero-order valence-electron chi connectivity index (χ0n) is 13.4. The van der Waals surface area contributed by atoms with E-state index in [-0.39, 0.29) is 11.8 Å². The van der Waals surface area contributed by atoms with Gasteiger partial charge >= 0.3 is 0 Å². The summed E-state index contributed by atoms with van der Waals surface area (Å²) in [6.07, 6.45) is 4.36. The molecule has 0 unspecified atom stereocenters. The van der Waals surface area contributed by atoms with E-state index >= 15 is 0 Å². The number of carbonyl (C=O) groups is 2. The maximum atomic E-state index is 12.4. The van der Waals surface area contributed by atoms with E-state index in [1.165, 1.54) is 24.2 Å². The molecule has 1 saturated heterocycles. The van der Waals surface area contributed by atoms with Gasteiger partial charge < -0.3 is 4.90 Å². The fraction of sp³-hybridized carbons (Fsp3) is 0.389. The minimum Gasteiger partial charge on any atom is -0.348 e. The Morgan fingerprint density at radius 2 is 1.67 bits per heavy atom. The summed E-state index contributed by atoms with van der Waals surface area (Å²) < 4.78 is 0. The number of benzene rings is 1. The first-order chi connectivity index (χ1) is 11.7. The summed E-state index contributed by atoms with van der Waals surface area (Å²) in [5.74, 6) is -0.385. The van der Waals surface area contributed by atoms with E-state index in [1.807, 2.05) is 5.38 Å². The number of rotatable bonds is 4. The number of carbonyl (C=O) groups excluding carboxylic acids is 2. The van der Waals surface area contributed by atoms with Crippen molar-refractivity contribution in [2.75, 3.05) is 24.5 Å². The van der Waals surface area contributed by atoms with Gasteiger partial charge in [0.2, 0.25) is 0 Å². The lowest BCUT2D eigenvalue weighted by Crippen LogP contribution is -2.32. The number of anilines is 1. The maximum Gasteiger partial charge on any atom is 0.261 e. The van der Waals surface area contributed by atoms with Gasteiger partial charge in [-0.1, -0.05) is 12.1 Å². The second kappa shape index (κ2) is 6.36. The SMILES string of the molecule is O=C1c2ccccc2C(=O)N1CCc1csc(N2CCCCC2)n1. The molecule has 2 aromatic rings. The summed E-state index contributed by atoms with van der Waals surface area (Å²) in [5.41, 5.74) is 1.97. The highest BCUT2D eigenvalue weighted by Crippen LogP contribution is 2.26. The van der Waals surface area contributed by atoms with Crippen molar-refractivity contribution in [2.45, 2.75) is 25.7 Å². The monoisotopic (exact) mass is 341 g/mol. The van der Waals surface area contributed by atoms with Crippen molar-refractivity contribution in [3.8, 4) is 0 Å². The molecule has 6 heteroatoms. The number of hydrogen-bond donors (Lipinski definition) is 0. The van der Waals surface area contributed by atoms with Crippen molar-refractivity contribution < 1.29 is 9.59 Å². The Morgan fingerprint density at radius 1 is 1.00 bits per heavy atom. The third-order valence-electron chi connectivity index (χ3n) is 4.64. The molecular formula is C18H19N3O2S. The Balaban J connectivity index is 1.42. The largest absolute Gasteiger partial charge is 0.348 e. The average molecular weight is 341 g/mol. The summed E-state index contributed by atoms with van der Waals surface area (Å²) in [7, 11) is 0. The molecule has 0 saturated carbocycles. The van der Waals surface area contributed by atoms with Crippen LogP contribution < -0.4 is 4.90 Å². The summed E-state index contributed by atoms with van der Waals surface area (Å²) in [4.78, 5) is 33.1. The molecule has 0 atom stereocenters. The summed E-state index contributed by atoms with van der Waals surface area (Å²) >= 11 is 1.65. The van der Waals surface area contributed by atoms with Gasteiger partial charge in [-0.3, -0.25) is 14.5 Å². The van der Waals surface area contributed by atoms with Crippen LogP contribution in [0.1, 0.15) is 45.7 Å². The van der Waals surface area contributed by atoms with Crippen LogP contribution in [0.25, 0.3) is 0 Å². The normalized spacial score (nSPS) is 17.5. The number of nitrogens with zero attached hydrogens (tertiary/aromatic N) is 3. The molecule has 2 amide bonds. The van der Waals surface area contributed by atoms with E-state index in [4.69, 9.17) is 0 Å². The van der Waals surface area contributed by atoms with Crippen molar-refractivity contribution in [3.05, 3.63) is 46.5 Å². The molecular weight excluding hydrogens is 322 g/mol. The molecule has 0 spiro atoms. The van der Waals surface area contributed by atoms with Gasteiger partial charge in [0.15, 0.2) is 5.13 Å². The van der Waals surface area contributed by atoms with Crippen LogP contribution in [0.15, 0.2) is 29.6 Å². The van der Waals surface area contributed by atoms with E-state index in [9.17, 15) is 9.59 Å². The Labute approximate surface area is 144 Å². The molecule has 3 heterocycles. The van der Waals surface area contributed by atoms with Crippen molar-refractivity contribution in [1.82, 2.24) is 9.88 Å². The molecule has 1 fully saturated rings. The predicted octanol–water partition coefficient (Wildman–Crippen LogP) is 2.97. The first-order valence-corrected chi connectivity index (χ1v) is 9.26. The van der Waals surface area contributed by atoms with Crippen LogP contribution in [0.5, 0.6) is 0 Å². The zero-order chi connectivity index (χ0) is 16.5. The lowest BCUT2D eigenvalue weighted by atomic mass is 10.1. The van der Waals surface area contributed by atoms with Gasteiger partial charge in [-0.25, -0.2) is 4.98 Å². The summed E-state index contributed by atoms with van der Waals surface area (Å²) in [5, 5.41) is 3.11. The number of aromatic nitrogens is 1. The molecule has 1 aromatic carbocycles. The van der Waals surface area contributed by atoms with E-state index in [1.54, 1.807) is 35.6 Å². The van der Waals surface area contributed by atoms with Crippen molar-refractivity contribution in [2.24, 2.45) is 0 Å². The standard InChI is InChI=1S/C18H19N3O2S/c22-16-14-6-2-3-7-15(14)17(23)21(16)11-8-13-12-24-18(19-13)20-9-4-1-5-10-20/h2-3,6-7,12H,1,4-5,8-11H2. The second-order valence-electron chi connectivity index (χ2n) is 6.23. The molecule has 0 bridgehead atoms. The van der Waals surface area contributed by atoms with Crippen LogP contribution in [-0.4, -0.2) is 41.3 Å². The molecule has 0 N–H and O–H groups in total. The van der Waals surface area contributed by atoms with E-state index in [0.717, 1.165) is 23.9 Å². The second-order valence-corrected chi connectivity index (χ2v) is 7.06. The molecule has 4 rings (SSSR count). The first-order valence-electron chi connectivity index (χ1n) is 8.38. The van der Waals surface area contributed by atoms with Crippen molar-refractivity contribution >= 4 is 28.3 Å². The number of hydrogen-bond acceptors (Lipinski definition) is 5. The van der Waals surface area contributed by atoms with Gasteiger partial charge in [0.05, 0.1) is 16.8 Å². The van der Waals surface area contributed by atoms with Gasteiger partial charge in [0.25, 0.3) is 11.8 Å². The van der Waals surface area contributed by atoms with Gasteiger partial charge in [-0.05, 0) is 31.4 Å². The molecule has 5 nitrogen and oxygen atoms in total. The van der Waals surface area contributed by atoms with E-state index in [2.05, 4.69) is 9.88 Å². The first kappa shape index (κ1) is 15.3. The average Bonchev–Trinajstić information content (AvgIpc) is 3.19. The summed E-state index contributed by atoms with van der Waals surface area (Å²) in [6.45, 7) is 2.53. The van der Waals surface area contributed by atoms with Gasteiger partial charge in [0.1, 0.15) is 0 Å². The molecule has 1 aromatic heterocycles. The Hall–Kier alpha value is -2.21. The Bertz CT molecular complexity index is 745. The van der Waals surface area contributed by atoms with Crippen LogP contribution >= 0.6 is 11.3 Å². The smallest absolute Gasteiger partial charge is 0.261 e. The van der Waals surface area contributed by atoms with Crippen LogP contribution in [0.3, 0.4) is 0 Å². The van der Waals surface area contributed by atoms with Crippen LogP contribution in [0.4, 0.5) is 5.13 Å². The van der Waals surface area contributed by atoms with Gasteiger partial charge in [-0.15, -0.1) is 11.3 Å². The quantitative estimate of drug-likeness (QED) is 0.802. The predicted molar refractivity (Wildman–Crippen MR) is 93.7 cm³/mol. The Morgan fingerprint density at radius 3 is 2.33 bits per heavy atom. The molecule has 2 aliphatic rings. The van der Waals surface area contributed by atoms with Crippen molar-refractivity contribution in [3.63, 3.8) is 0 Å². The van der Waals surface area contributed by atoms with Crippen LogP contribution in [0.2, 0.25) is 0 Å². The molecule has 0 radical (unpaired) electrons. The van der Waals surface area contributed by atoms with Crippen LogP contribution in [0, 0.1) is 0 Å². The third kappa shape index (κ3) is 2.71. The number of amides is 2. The topological polar surface area (TPSA) is 53.5 Å². The highest BCUT2D eigenvalue weighted by Gasteiger charge is 2.34. The van der Waals surface area contributed by atoms with Crippen molar-refractivity contribution in [1.29, 1.82) is 0 Å². The zero-order valence-corrected chi connectivity index (χ0v) is 14.2. The van der Waals surface area contributed by atoms with Gasteiger partial charge in [-0.2, -0.15) is 0 Å². The fourth-order valence-electron chi connectivity index (χ4n) is 3.31. The highest BCUT2D eigenvalue weighted by atomic mass is 32.1. The molecule has 2 aliphatic heterocycles. The number of piperidine rings is 1. The minimum atomic E-state index is -0.193. The number of thiazole rings is 1. The van der Waals surface area contributed by atoms with E-state index in [0.29, 0.717) is 24.1 Å². The molecule has 124 valence electrons. The third-order valence-corrected chi connectivity index (χ3v) is 5.59. The summed E-state index contributed by atoms with van der Waals surface area (Å²) in [6, 6.07) is 7.01. The lowest BCUT2D eigenvalue weighted by Gasteiger charge is -2.25. The minimum absolute atomic E-state index is 0.193. The highest BCUT2D eigenvalue weighted by molar-refractivity contribution is 7.13. The lowest BCUT2D eigenvalue weighted by molar-refractivity contribution is 0.0656. The van der Waals surface area contributed by atoms with Crippen LogP contribution in [-0.2, 0) is 6.42 Å². The number of fused-ring (bicyclic) bond motifs is 1. The Kier molecular flexibility index (Phi) is 4.06. The van der Waals surface area contributed by atoms with E-state index < -0.39 is 0 Å². The molecule has 0 aliphatic carbocycles. The van der Waals surface area contributed by atoms with Gasteiger partial charge in [0, 0.05) is 31.4 Å².